The Morgan fingerprint density at radius 1 is 0.0278 bits per heavy atom. The predicted molar refractivity (Wildman–Crippen MR) is 259 cm³/mol. The molecule has 0 aromatic heterocycles. The summed E-state index contributed by atoms with van der Waals surface area (Å²) in [5, 5.41) is 0. The summed E-state index contributed by atoms with van der Waals surface area (Å²) in [6.07, 6.45) is 0. The second-order valence-electron chi connectivity index (χ2n) is 0. The summed E-state index contributed by atoms with van der Waals surface area (Å²) in [4.78, 5) is 0. The van der Waals surface area contributed by atoms with Crippen LogP contribution in [-0.4, -0.2) is 379 Å². The van der Waals surface area contributed by atoms with Crippen molar-refractivity contribution in [3.8, 4) is 0 Å². The van der Waals surface area contributed by atoms with Gasteiger partial charge in [0, 0.05) is 839 Å². The van der Waals surface area contributed by atoms with Crippen molar-refractivity contribution in [1.29, 1.82) is 0 Å². The Hall–Kier alpha value is 16.9. The Labute approximate surface area is 824 Å². The fourth-order valence-corrected chi connectivity index (χ4v) is 0. The van der Waals surface area contributed by atoms with E-state index in [1.807, 2.05) is 0 Å². The molecule has 0 aliphatic carbocycles. The molecule has 0 spiro atoms. The third-order valence-electron chi connectivity index (χ3n) is 0. The first-order valence-electron chi connectivity index (χ1n) is 0. The molecule has 0 aliphatic heterocycles. The van der Waals surface area contributed by atoms with E-state index in [1.54, 1.807) is 0 Å². The van der Waals surface area contributed by atoms with Crippen LogP contribution in [0.3, 0.4) is 0 Å². The summed E-state index contributed by atoms with van der Waals surface area (Å²) in [7, 11) is 0. The van der Waals surface area contributed by atoms with E-state index in [2.05, 4.69) is 0 Å². The quantitative estimate of drug-likeness (QED) is 0.212. The maximum atomic E-state index is 0. The molecule has 0 fully saturated rings. The van der Waals surface area contributed by atoms with E-state index in [0.29, 0.717) is 0 Å². The van der Waals surface area contributed by atoms with Crippen LogP contribution in [0.2, 0.25) is 0 Å². The van der Waals surface area contributed by atoms with Gasteiger partial charge in [0.05, 0.1) is 0 Å². The third-order valence-corrected chi connectivity index (χ3v) is 0. The molecule has 0 bridgehead atoms. The van der Waals surface area contributed by atoms with Gasteiger partial charge in [-0.3, -0.25) is 0 Å². The van der Waals surface area contributed by atoms with Gasteiger partial charge in [0.15, 0.2) is 0 Å². The van der Waals surface area contributed by atoms with E-state index in [-0.39, 0.29) is 839 Å². The molecule has 135 radical (unpaired) electrons. The molecule has 0 saturated heterocycles. The Kier molecular flexibility index (Phi) is 77000. The van der Waals surface area contributed by atoms with E-state index < -0.39 is 0 Å². The van der Waals surface area contributed by atoms with Crippen LogP contribution in [0.5, 0.6) is 0 Å². The third kappa shape index (κ3) is 2240. The molecule has 0 aliphatic rings. The largest absolute Gasteiger partial charge is 0 e. The predicted octanol–water partition coefficient (Wildman–Crippen LogP) is -17.2. The van der Waals surface area contributed by atoms with Gasteiger partial charge in [0.25, 0.3) is 0 Å². The summed E-state index contributed by atoms with van der Waals surface area (Å²) < 4.78 is 0. The second kappa shape index (κ2) is 2310. The number of hydrogen-bond acceptors (Lipinski definition) is 0. The van der Waals surface area contributed by atoms with Crippen molar-refractivity contribution in [2.45, 2.75) is 0 Å². The van der Waals surface area contributed by atoms with Crippen molar-refractivity contribution in [1.82, 2.24) is 0 Å². The van der Waals surface area contributed by atoms with Crippen LogP contribution in [0.4, 0.5) is 0 Å². The van der Waals surface area contributed by atoms with Crippen molar-refractivity contribution in [3.05, 3.63) is 0 Å². The zero-order valence-corrected chi connectivity index (χ0v) is 65.3. The molecular formula is B45Fe27. The van der Waals surface area contributed by atoms with Crippen molar-refractivity contribution in [3.63, 3.8) is 0 Å². The molecule has 0 rings (SSSR count). The molecule has 0 unspecified atom stereocenters. The average Bonchev–Trinajstić information content (AvgIpc) is 0. The minimum absolute atomic E-state index is 0. The maximum Gasteiger partial charge on any atom is 0 e. The Morgan fingerprint density at radius 3 is 0.0278 bits per heavy atom. The molecule has 0 N–H and O–H groups in total. The van der Waals surface area contributed by atoms with Crippen LogP contribution in [0.15, 0.2) is 0 Å². The van der Waals surface area contributed by atoms with Gasteiger partial charge >= 0.3 is 0 Å². The number of hydrogen-bond donors (Lipinski definition) is 0. The van der Waals surface area contributed by atoms with Crippen molar-refractivity contribution < 1.29 is 461 Å². The minimum Gasteiger partial charge on any atom is 0 e. The molecule has 72 heteroatoms. The topological polar surface area (TPSA) is 0 Å². The molecule has 0 aromatic carbocycles. The van der Waals surface area contributed by atoms with Gasteiger partial charge in [-0.25, -0.2) is 0 Å². The van der Waals surface area contributed by atoms with Crippen molar-refractivity contribution in [2.75, 3.05) is 0 Å². The van der Waals surface area contributed by atoms with E-state index in [4.69, 9.17) is 0 Å². The van der Waals surface area contributed by atoms with Crippen molar-refractivity contribution in [2.24, 2.45) is 0 Å². The van der Waals surface area contributed by atoms with Gasteiger partial charge in [-0.05, 0) is 0 Å². The van der Waals surface area contributed by atoms with Gasteiger partial charge in [-0.2, -0.15) is 0 Å². The zero-order chi connectivity index (χ0) is 0. The molecule has 351 valence electrons. The minimum atomic E-state index is 0. The second-order valence-corrected chi connectivity index (χ2v) is 0. The van der Waals surface area contributed by atoms with Crippen LogP contribution in [0.25, 0.3) is 0 Å². The van der Waals surface area contributed by atoms with Gasteiger partial charge in [-0.15, -0.1) is 0 Å². The maximum absolute atomic E-state index is 0. The fraction of sp³-hybridized carbons (Fsp3) is 0. The molecule has 0 nitrogen and oxygen atoms in total. The van der Waals surface area contributed by atoms with E-state index in [0.717, 1.165) is 0 Å². The van der Waals surface area contributed by atoms with Crippen molar-refractivity contribution >= 4 is 379 Å². The standard InChI is InChI=1S/45B.27Fe. The Morgan fingerprint density at radius 2 is 0.0278 bits per heavy atom. The fourth-order valence-electron chi connectivity index (χ4n) is 0. The Balaban J connectivity index is 0. The van der Waals surface area contributed by atoms with Crippen LogP contribution < -0.4 is 0 Å². The summed E-state index contributed by atoms with van der Waals surface area (Å²) >= 11 is 0. The Bertz CT molecular complexity index is 68.7. The van der Waals surface area contributed by atoms with E-state index in [1.165, 1.54) is 0 Å². The van der Waals surface area contributed by atoms with Gasteiger partial charge < -0.3 is 0 Å². The first-order valence-corrected chi connectivity index (χ1v) is 0. The van der Waals surface area contributed by atoms with Crippen LogP contribution in [0, 0.1) is 0 Å². The zero-order valence-electron chi connectivity index (χ0n) is 35.5. The first kappa shape index (κ1) is 2400. The molecular weight excluding hydrogens is 1990 g/mol. The summed E-state index contributed by atoms with van der Waals surface area (Å²) in [6, 6.07) is 0. The summed E-state index contributed by atoms with van der Waals surface area (Å²) in [6.45, 7) is 0. The molecule has 72 heavy (non-hydrogen) atoms. The summed E-state index contributed by atoms with van der Waals surface area (Å²) in [5.41, 5.74) is 0. The molecule has 0 aromatic rings. The molecule has 0 atom stereocenters. The molecule has 0 amide bonds. The van der Waals surface area contributed by atoms with Gasteiger partial charge in [0.2, 0.25) is 0 Å². The monoisotopic (exact) mass is 2010 g/mol. The normalized spacial score (nSPS) is 0. The first-order chi connectivity index (χ1) is 0. The number of rotatable bonds is 0. The summed E-state index contributed by atoms with van der Waals surface area (Å²) in [5.74, 6) is 0. The SMILES string of the molecule is [B].[B].[B].[B].[B].[B].[B].[B].[B].[B].[B].[B].[B].[B].[B].[B].[B].[B].[B].[B].[B].[B].[B].[B].[B].[B].[B].[B].[B].[B].[B].[B].[B].[B].[B].[B].[B].[B].[B].[B].[B].[B].[B].[B].[B].[Fe].[Fe].[Fe].[Fe].[Fe].[Fe].[Fe].[Fe].[Fe].[Fe].[Fe].[Fe].[Fe].[Fe].[Fe].[Fe].[Fe].[Fe].[Fe].[Fe].[Fe].[Fe].[Fe].[Fe].[Fe].[Fe].[Fe]. The van der Waals surface area contributed by atoms with Gasteiger partial charge in [-0.1, -0.05) is 0 Å². The molecule has 0 heterocycles. The average molecular weight is 1990 g/mol. The smallest absolute Gasteiger partial charge is 0 e. The van der Waals surface area contributed by atoms with Crippen LogP contribution >= 0.6 is 0 Å². The van der Waals surface area contributed by atoms with E-state index in [9.17, 15) is 0 Å². The van der Waals surface area contributed by atoms with Gasteiger partial charge in [0.1, 0.15) is 0 Å². The van der Waals surface area contributed by atoms with Crippen LogP contribution in [0.1, 0.15) is 0 Å². The molecule has 0 saturated carbocycles. The van der Waals surface area contributed by atoms with E-state index >= 15 is 0 Å². The van der Waals surface area contributed by atoms with Crippen LogP contribution in [-0.2, 0) is 461 Å².